The van der Waals surface area contributed by atoms with Crippen molar-refractivity contribution in [3.8, 4) is 0 Å². The fourth-order valence-electron chi connectivity index (χ4n) is 1.09. The van der Waals surface area contributed by atoms with Crippen molar-refractivity contribution < 1.29 is 0 Å². The zero-order valence-corrected chi connectivity index (χ0v) is 7.64. The van der Waals surface area contributed by atoms with Crippen molar-refractivity contribution in [1.82, 2.24) is 15.7 Å². The maximum atomic E-state index is 4.13. The van der Waals surface area contributed by atoms with Gasteiger partial charge in [-0.3, -0.25) is 4.98 Å². The average molecular weight is 189 g/mol. The molecule has 1 aliphatic heterocycles. The van der Waals surface area contributed by atoms with Crippen molar-refractivity contribution in [2.75, 3.05) is 13.1 Å². The molecule has 0 aromatic carbocycles. The van der Waals surface area contributed by atoms with E-state index in [1.165, 1.54) is 0 Å². The monoisotopic (exact) mass is 189 g/mol. The molecule has 14 heavy (non-hydrogen) atoms. The van der Waals surface area contributed by atoms with Crippen LogP contribution >= 0.6 is 0 Å². The molecule has 72 valence electrons. The van der Waals surface area contributed by atoms with Crippen molar-refractivity contribution in [3.05, 3.63) is 30.1 Å². The largest absolute Gasteiger partial charge is 0.353 e. The normalized spacial score (nSPS) is 15.3. The van der Waals surface area contributed by atoms with Crippen molar-refractivity contribution >= 4 is 12.2 Å². The highest BCUT2D eigenvalue weighted by Gasteiger charge is 2.00. The topological polar surface area (TPSA) is 61.7 Å². The average Bonchev–Trinajstić information content (AvgIpc) is 2.72. The number of nitrogens with zero attached hydrogens (tertiary/aromatic N) is 3. The van der Waals surface area contributed by atoms with Gasteiger partial charge in [0.2, 0.25) is 5.96 Å². The first kappa shape index (κ1) is 8.68. The molecular formula is C9H11N5. The third-order valence-electron chi connectivity index (χ3n) is 1.74. The van der Waals surface area contributed by atoms with Crippen LogP contribution in [0.4, 0.5) is 0 Å². The van der Waals surface area contributed by atoms with Gasteiger partial charge in [-0.15, -0.1) is 0 Å². The van der Waals surface area contributed by atoms with E-state index in [1.807, 2.05) is 12.1 Å². The van der Waals surface area contributed by atoms with Gasteiger partial charge in [0, 0.05) is 24.5 Å². The number of hydrazone groups is 1. The molecule has 2 heterocycles. The van der Waals surface area contributed by atoms with Crippen LogP contribution in [0.2, 0.25) is 0 Å². The van der Waals surface area contributed by atoms with Crippen LogP contribution in [0.3, 0.4) is 0 Å². The number of pyridine rings is 1. The molecule has 2 N–H and O–H groups in total. The second kappa shape index (κ2) is 4.36. The Bertz CT molecular complexity index is 343. The van der Waals surface area contributed by atoms with Crippen LogP contribution in [0.15, 0.2) is 34.6 Å². The van der Waals surface area contributed by atoms with E-state index in [0.717, 1.165) is 24.6 Å². The van der Waals surface area contributed by atoms with Crippen LogP contribution in [0.25, 0.3) is 0 Å². The molecule has 0 spiro atoms. The Morgan fingerprint density at radius 1 is 1.57 bits per heavy atom. The molecule has 0 saturated carbocycles. The molecular weight excluding hydrogens is 178 g/mol. The third kappa shape index (κ3) is 2.29. The summed E-state index contributed by atoms with van der Waals surface area (Å²) >= 11 is 0. The van der Waals surface area contributed by atoms with E-state index in [9.17, 15) is 0 Å². The van der Waals surface area contributed by atoms with Crippen LogP contribution in [0, 0.1) is 0 Å². The summed E-state index contributed by atoms with van der Waals surface area (Å²) in [7, 11) is 0. The van der Waals surface area contributed by atoms with Gasteiger partial charge in [0.1, 0.15) is 0 Å². The first-order valence-corrected chi connectivity index (χ1v) is 4.42. The van der Waals surface area contributed by atoms with Gasteiger partial charge >= 0.3 is 0 Å². The van der Waals surface area contributed by atoms with E-state index in [2.05, 4.69) is 25.8 Å². The molecule has 5 heteroatoms. The number of nitrogens with one attached hydrogen (secondary N) is 2. The highest BCUT2D eigenvalue weighted by molar-refractivity contribution is 5.84. The highest BCUT2D eigenvalue weighted by atomic mass is 15.4. The minimum atomic E-state index is 0.727. The number of hydrogen-bond acceptors (Lipinski definition) is 5. The standard InChI is InChI=1S/C9H11N5/c1-2-8(6-10-3-1)7-13-14-9-11-4-5-12-9/h1-3,6-7H,4-5H2,(H2,11,12,14)/b13-7-. The fourth-order valence-corrected chi connectivity index (χ4v) is 1.09. The minimum Gasteiger partial charge on any atom is -0.353 e. The Hall–Kier alpha value is -1.91. The van der Waals surface area contributed by atoms with Gasteiger partial charge in [0.05, 0.1) is 12.8 Å². The van der Waals surface area contributed by atoms with E-state index in [0.29, 0.717) is 0 Å². The smallest absolute Gasteiger partial charge is 0.212 e. The molecule has 0 bridgehead atoms. The molecule has 0 radical (unpaired) electrons. The van der Waals surface area contributed by atoms with Crippen LogP contribution < -0.4 is 10.7 Å². The Morgan fingerprint density at radius 3 is 3.29 bits per heavy atom. The summed E-state index contributed by atoms with van der Waals surface area (Å²) in [6, 6.07) is 3.80. The van der Waals surface area contributed by atoms with Gasteiger partial charge in [-0.1, -0.05) is 6.07 Å². The fraction of sp³-hybridized carbons (Fsp3) is 0.222. The van der Waals surface area contributed by atoms with Gasteiger partial charge in [0.15, 0.2) is 0 Å². The van der Waals surface area contributed by atoms with Crippen molar-refractivity contribution in [2.24, 2.45) is 10.1 Å². The number of rotatable bonds is 2. The van der Waals surface area contributed by atoms with Crippen molar-refractivity contribution in [2.45, 2.75) is 0 Å². The highest BCUT2D eigenvalue weighted by Crippen LogP contribution is 1.89. The Labute approximate surface area is 82.0 Å². The maximum absolute atomic E-state index is 4.13. The van der Waals surface area contributed by atoms with Gasteiger partial charge in [-0.05, 0) is 6.07 Å². The zero-order chi connectivity index (χ0) is 9.64. The van der Waals surface area contributed by atoms with E-state index < -0.39 is 0 Å². The zero-order valence-electron chi connectivity index (χ0n) is 7.64. The summed E-state index contributed by atoms with van der Waals surface area (Å²) < 4.78 is 0. The summed E-state index contributed by atoms with van der Waals surface area (Å²) in [5.41, 5.74) is 3.77. The molecule has 1 aromatic heterocycles. The van der Waals surface area contributed by atoms with Gasteiger partial charge in [-0.25, -0.2) is 10.4 Å². The van der Waals surface area contributed by atoms with Gasteiger partial charge in [-0.2, -0.15) is 5.10 Å². The predicted molar refractivity (Wildman–Crippen MR) is 55.3 cm³/mol. The second-order valence-electron chi connectivity index (χ2n) is 2.81. The summed E-state index contributed by atoms with van der Waals surface area (Å²) in [4.78, 5) is 8.10. The quantitative estimate of drug-likeness (QED) is 0.507. The molecule has 2 rings (SSSR count). The van der Waals surface area contributed by atoms with E-state index in [-0.39, 0.29) is 0 Å². The first-order chi connectivity index (χ1) is 6.95. The lowest BCUT2D eigenvalue weighted by molar-refractivity contribution is 0.919. The molecule has 0 saturated heterocycles. The number of aromatic nitrogens is 1. The van der Waals surface area contributed by atoms with Crippen LogP contribution in [-0.4, -0.2) is 30.2 Å². The summed E-state index contributed by atoms with van der Waals surface area (Å²) in [5, 5.41) is 7.07. The summed E-state index contributed by atoms with van der Waals surface area (Å²) in [5.74, 6) is 0.727. The van der Waals surface area contributed by atoms with Crippen molar-refractivity contribution in [3.63, 3.8) is 0 Å². The first-order valence-electron chi connectivity index (χ1n) is 4.42. The van der Waals surface area contributed by atoms with E-state index in [4.69, 9.17) is 0 Å². The van der Waals surface area contributed by atoms with E-state index in [1.54, 1.807) is 18.6 Å². The third-order valence-corrected chi connectivity index (χ3v) is 1.74. The lowest BCUT2D eigenvalue weighted by atomic mass is 10.3. The molecule has 1 aromatic rings. The van der Waals surface area contributed by atoms with Crippen molar-refractivity contribution in [1.29, 1.82) is 0 Å². The molecule has 0 atom stereocenters. The Morgan fingerprint density at radius 2 is 2.57 bits per heavy atom. The second-order valence-corrected chi connectivity index (χ2v) is 2.81. The van der Waals surface area contributed by atoms with Gasteiger partial charge in [0.25, 0.3) is 0 Å². The van der Waals surface area contributed by atoms with Crippen LogP contribution in [0.5, 0.6) is 0 Å². The molecule has 1 aliphatic rings. The molecule has 0 amide bonds. The van der Waals surface area contributed by atoms with Gasteiger partial charge < -0.3 is 5.32 Å². The van der Waals surface area contributed by atoms with Crippen LogP contribution in [-0.2, 0) is 0 Å². The SMILES string of the molecule is C(=N/NC1=NCCN1)/c1cccnc1. The molecule has 0 unspecified atom stereocenters. The molecule has 0 aliphatic carbocycles. The van der Waals surface area contributed by atoms with E-state index >= 15 is 0 Å². The summed E-state index contributed by atoms with van der Waals surface area (Å²) in [6.07, 6.45) is 5.18. The summed E-state index contributed by atoms with van der Waals surface area (Å²) in [6.45, 7) is 1.69. The molecule has 5 nitrogen and oxygen atoms in total. The lowest BCUT2D eigenvalue weighted by Crippen LogP contribution is -2.30. The number of guanidine groups is 1. The maximum Gasteiger partial charge on any atom is 0.212 e. The number of aliphatic imine (C=N–C) groups is 1. The number of hydrogen-bond donors (Lipinski definition) is 2. The minimum absolute atomic E-state index is 0.727. The molecule has 0 fully saturated rings. The van der Waals surface area contributed by atoms with Crippen LogP contribution in [0.1, 0.15) is 5.56 Å². The predicted octanol–water partition coefficient (Wildman–Crippen LogP) is -0.0357. The Balaban J connectivity index is 1.88. The Kier molecular flexibility index (Phi) is 2.70. The lowest BCUT2D eigenvalue weighted by Gasteiger charge is -1.98.